The molecule has 0 amide bonds. The minimum absolute atomic E-state index is 0.00189. The van der Waals surface area contributed by atoms with Gasteiger partial charge in [0.05, 0.1) is 18.1 Å². The SMILES string of the molecule is COc1cc([N+](=O)[O-])cc2c1OC(C)(C)C(C)=C2. The first-order valence-corrected chi connectivity index (χ1v) is 5.59. The van der Waals surface area contributed by atoms with Crippen LogP contribution in [0.15, 0.2) is 17.7 Å². The maximum absolute atomic E-state index is 10.9. The van der Waals surface area contributed by atoms with E-state index < -0.39 is 10.5 Å². The van der Waals surface area contributed by atoms with Crippen LogP contribution in [0.4, 0.5) is 5.69 Å². The van der Waals surface area contributed by atoms with E-state index in [1.807, 2.05) is 26.8 Å². The number of nitrogens with zero attached hydrogens (tertiary/aromatic N) is 1. The molecule has 5 heteroatoms. The lowest BCUT2D eigenvalue weighted by Gasteiger charge is -2.33. The first-order valence-electron chi connectivity index (χ1n) is 5.59. The minimum atomic E-state index is -0.439. The van der Waals surface area contributed by atoms with E-state index in [2.05, 4.69) is 0 Å². The average Bonchev–Trinajstić information content (AvgIpc) is 2.29. The summed E-state index contributed by atoms with van der Waals surface area (Å²) >= 11 is 0. The molecule has 0 aromatic heterocycles. The van der Waals surface area contributed by atoms with Gasteiger partial charge in [-0.3, -0.25) is 10.1 Å². The van der Waals surface area contributed by atoms with E-state index in [4.69, 9.17) is 9.47 Å². The molecule has 1 heterocycles. The summed E-state index contributed by atoms with van der Waals surface area (Å²) in [5.41, 5.74) is 1.25. The summed E-state index contributed by atoms with van der Waals surface area (Å²) in [5.74, 6) is 0.940. The molecule has 0 radical (unpaired) electrons. The Balaban J connectivity index is 2.64. The van der Waals surface area contributed by atoms with Gasteiger partial charge in [0, 0.05) is 11.6 Å². The maximum Gasteiger partial charge on any atom is 0.274 e. The number of hydrogen-bond donors (Lipinski definition) is 0. The Hall–Kier alpha value is -2.04. The number of hydrogen-bond acceptors (Lipinski definition) is 4. The third-order valence-corrected chi connectivity index (χ3v) is 3.18. The molecule has 0 fully saturated rings. The number of nitro benzene ring substituents is 1. The van der Waals surface area contributed by atoms with Crippen LogP contribution in [0.3, 0.4) is 0 Å². The number of non-ortho nitro benzene ring substituents is 1. The van der Waals surface area contributed by atoms with Crippen LogP contribution in [0.25, 0.3) is 6.08 Å². The molecule has 18 heavy (non-hydrogen) atoms. The largest absolute Gasteiger partial charge is 0.493 e. The highest BCUT2D eigenvalue weighted by Crippen LogP contribution is 2.43. The highest BCUT2D eigenvalue weighted by Gasteiger charge is 2.31. The Morgan fingerprint density at radius 3 is 2.61 bits per heavy atom. The fourth-order valence-corrected chi connectivity index (χ4v) is 1.82. The monoisotopic (exact) mass is 249 g/mol. The van der Waals surface area contributed by atoms with E-state index in [0.717, 1.165) is 5.57 Å². The van der Waals surface area contributed by atoms with Crippen LogP contribution in [0.5, 0.6) is 11.5 Å². The zero-order chi connectivity index (χ0) is 13.5. The van der Waals surface area contributed by atoms with Gasteiger partial charge >= 0.3 is 0 Å². The summed E-state index contributed by atoms with van der Waals surface area (Å²) in [4.78, 5) is 10.4. The molecule has 1 aromatic rings. The molecule has 96 valence electrons. The standard InChI is InChI=1S/C13H15NO4/c1-8-5-9-6-10(14(15)16)7-11(17-4)12(9)18-13(8,2)3/h5-7H,1-4H3. The van der Waals surface area contributed by atoms with Crippen LogP contribution >= 0.6 is 0 Å². The average molecular weight is 249 g/mol. The third-order valence-electron chi connectivity index (χ3n) is 3.18. The van der Waals surface area contributed by atoms with Gasteiger partial charge in [-0.25, -0.2) is 0 Å². The van der Waals surface area contributed by atoms with Crippen LogP contribution < -0.4 is 9.47 Å². The number of methoxy groups -OCH3 is 1. The summed E-state index contributed by atoms with van der Waals surface area (Å²) < 4.78 is 11.0. The van der Waals surface area contributed by atoms with Crippen LogP contribution in [0.2, 0.25) is 0 Å². The van der Waals surface area contributed by atoms with Gasteiger partial charge in [-0.05, 0) is 32.4 Å². The summed E-state index contributed by atoms with van der Waals surface area (Å²) in [6.07, 6.45) is 1.90. The van der Waals surface area contributed by atoms with Crippen molar-refractivity contribution >= 4 is 11.8 Å². The van der Waals surface area contributed by atoms with Crippen molar-refractivity contribution in [2.75, 3.05) is 7.11 Å². The Morgan fingerprint density at radius 1 is 1.39 bits per heavy atom. The molecule has 0 N–H and O–H groups in total. The lowest BCUT2D eigenvalue weighted by molar-refractivity contribution is -0.385. The van der Waals surface area contributed by atoms with Gasteiger partial charge in [0.2, 0.25) is 0 Å². The van der Waals surface area contributed by atoms with Gasteiger partial charge in [-0.1, -0.05) is 0 Å². The molecule has 1 aromatic carbocycles. The molecule has 1 aliphatic heterocycles. The number of rotatable bonds is 2. The highest BCUT2D eigenvalue weighted by molar-refractivity contribution is 5.70. The first kappa shape index (κ1) is 12.4. The number of fused-ring (bicyclic) bond motifs is 1. The second-order valence-electron chi connectivity index (χ2n) is 4.76. The Kier molecular flexibility index (Phi) is 2.77. The van der Waals surface area contributed by atoms with Gasteiger partial charge < -0.3 is 9.47 Å². The zero-order valence-electron chi connectivity index (χ0n) is 10.8. The molecule has 0 saturated carbocycles. The van der Waals surface area contributed by atoms with E-state index in [1.165, 1.54) is 19.2 Å². The van der Waals surface area contributed by atoms with E-state index in [1.54, 1.807) is 0 Å². The van der Waals surface area contributed by atoms with Crippen molar-refractivity contribution in [1.82, 2.24) is 0 Å². The Labute approximate surface area is 105 Å². The second kappa shape index (κ2) is 4.01. The molecule has 0 unspecified atom stereocenters. The Morgan fingerprint density at radius 2 is 2.06 bits per heavy atom. The smallest absolute Gasteiger partial charge is 0.274 e. The maximum atomic E-state index is 10.9. The highest BCUT2D eigenvalue weighted by atomic mass is 16.6. The summed E-state index contributed by atoms with van der Waals surface area (Å²) in [6.45, 7) is 5.83. The summed E-state index contributed by atoms with van der Waals surface area (Å²) in [7, 11) is 1.47. The third kappa shape index (κ3) is 1.92. The normalized spacial score (nSPS) is 16.3. The molecule has 5 nitrogen and oxygen atoms in total. The first-order chi connectivity index (χ1) is 8.35. The van der Waals surface area contributed by atoms with Crippen molar-refractivity contribution in [2.24, 2.45) is 0 Å². The number of benzene rings is 1. The van der Waals surface area contributed by atoms with Crippen LogP contribution in [0.1, 0.15) is 26.3 Å². The molecule has 0 atom stereocenters. The molecular formula is C13H15NO4. The molecule has 0 spiro atoms. The molecule has 0 bridgehead atoms. The molecule has 1 aliphatic rings. The number of ether oxygens (including phenoxy) is 2. The quantitative estimate of drug-likeness (QED) is 0.596. The summed E-state index contributed by atoms with van der Waals surface area (Å²) in [5, 5.41) is 10.9. The topological polar surface area (TPSA) is 61.6 Å². The van der Waals surface area contributed by atoms with Crippen LogP contribution in [-0.4, -0.2) is 17.6 Å². The lowest BCUT2D eigenvalue weighted by atomic mass is 9.93. The van der Waals surface area contributed by atoms with Crippen molar-refractivity contribution in [3.05, 3.63) is 33.4 Å². The van der Waals surface area contributed by atoms with Gasteiger partial charge in [0.25, 0.3) is 5.69 Å². The van der Waals surface area contributed by atoms with Gasteiger partial charge in [0.1, 0.15) is 5.60 Å². The lowest BCUT2D eigenvalue weighted by Crippen LogP contribution is -2.32. The summed E-state index contributed by atoms with van der Waals surface area (Å²) in [6, 6.07) is 2.88. The van der Waals surface area contributed by atoms with Crippen molar-refractivity contribution in [3.8, 4) is 11.5 Å². The van der Waals surface area contributed by atoms with Crippen molar-refractivity contribution in [1.29, 1.82) is 0 Å². The predicted octanol–water partition coefficient (Wildman–Crippen LogP) is 3.18. The fraction of sp³-hybridized carbons (Fsp3) is 0.385. The molecular weight excluding hydrogens is 234 g/mol. The van der Waals surface area contributed by atoms with Gasteiger partial charge in [-0.2, -0.15) is 0 Å². The van der Waals surface area contributed by atoms with Crippen molar-refractivity contribution in [2.45, 2.75) is 26.4 Å². The van der Waals surface area contributed by atoms with Gasteiger partial charge in [0.15, 0.2) is 11.5 Å². The minimum Gasteiger partial charge on any atom is -0.493 e. The van der Waals surface area contributed by atoms with Crippen molar-refractivity contribution in [3.63, 3.8) is 0 Å². The van der Waals surface area contributed by atoms with Crippen LogP contribution in [0, 0.1) is 10.1 Å². The van der Waals surface area contributed by atoms with E-state index in [9.17, 15) is 10.1 Å². The molecule has 0 aliphatic carbocycles. The fourth-order valence-electron chi connectivity index (χ4n) is 1.82. The van der Waals surface area contributed by atoms with E-state index in [-0.39, 0.29) is 5.69 Å². The van der Waals surface area contributed by atoms with Crippen LogP contribution in [-0.2, 0) is 0 Å². The molecule has 2 rings (SSSR count). The number of nitro groups is 1. The van der Waals surface area contributed by atoms with E-state index in [0.29, 0.717) is 17.1 Å². The Bertz CT molecular complexity index is 546. The van der Waals surface area contributed by atoms with Crippen molar-refractivity contribution < 1.29 is 14.4 Å². The molecule has 0 saturated heterocycles. The van der Waals surface area contributed by atoms with E-state index >= 15 is 0 Å². The zero-order valence-corrected chi connectivity index (χ0v) is 10.8. The second-order valence-corrected chi connectivity index (χ2v) is 4.76. The van der Waals surface area contributed by atoms with Gasteiger partial charge in [-0.15, -0.1) is 0 Å². The predicted molar refractivity (Wildman–Crippen MR) is 68.0 cm³/mol.